The summed E-state index contributed by atoms with van der Waals surface area (Å²) in [5.74, 6) is 0.813. The van der Waals surface area contributed by atoms with Crippen molar-refractivity contribution in [1.29, 1.82) is 0 Å². The fourth-order valence-electron chi connectivity index (χ4n) is 0.857. The van der Waals surface area contributed by atoms with Crippen LogP contribution in [-0.2, 0) is 0 Å². The number of pyridine rings is 1. The first-order valence-electron chi connectivity index (χ1n) is 3.36. The topological polar surface area (TPSA) is 77.8 Å². The molecule has 12 heavy (non-hydrogen) atoms. The van der Waals surface area contributed by atoms with Crippen LogP contribution in [0.4, 0.5) is 5.82 Å². The van der Waals surface area contributed by atoms with Gasteiger partial charge in [0.05, 0.1) is 0 Å². The maximum Gasteiger partial charge on any atom is 0.276 e. The Kier molecular flexibility index (Phi) is 1.48. The van der Waals surface area contributed by atoms with E-state index < -0.39 is 0 Å². The van der Waals surface area contributed by atoms with Crippen LogP contribution in [0.3, 0.4) is 0 Å². The summed E-state index contributed by atoms with van der Waals surface area (Å²) < 4.78 is 4.80. The number of nitrogens with zero attached hydrogens (tertiary/aromatic N) is 3. The van der Waals surface area contributed by atoms with Gasteiger partial charge in [-0.05, 0) is 12.1 Å². The van der Waals surface area contributed by atoms with Crippen molar-refractivity contribution in [3.05, 3.63) is 24.5 Å². The van der Waals surface area contributed by atoms with E-state index in [2.05, 4.69) is 15.1 Å². The van der Waals surface area contributed by atoms with E-state index in [9.17, 15) is 0 Å². The first-order chi connectivity index (χ1) is 5.86. The van der Waals surface area contributed by atoms with Gasteiger partial charge in [0.2, 0.25) is 0 Å². The van der Waals surface area contributed by atoms with Gasteiger partial charge in [0.1, 0.15) is 11.5 Å². The lowest BCUT2D eigenvalue weighted by Crippen LogP contribution is -1.90. The van der Waals surface area contributed by atoms with Gasteiger partial charge >= 0.3 is 0 Å². The summed E-state index contributed by atoms with van der Waals surface area (Å²) in [6, 6.07) is 5.23. The van der Waals surface area contributed by atoms with Crippen molar-refractivity contribution in [2.24, 2.45) is 0 Å². The molecule has 0 atom stereocenters. The second-order valence-corrected chi connectivity index (χ2v) is 2.19. The Balaban J connectivity index is 2.48. The van der Waals surface area contributed by atoms with E-state index in [0.29, 0.717) is 17.4 Å². The maximum atomic E-state index is 5.46. The highest BCUT2D eigenvalue weighted by atomic mass is 16.5. The molecule has 0 aliphatic carbocycles. The standard InChI is InChI=1S/C7H6N4O/c8-6-3-1-2-5(11-6)7-9-4-10-12-7/h1-4H,(H2,8,11). The van der Waals surface area contributed by atoms with Crippen LogP contribution in [0.2, 0.25) is 0 Å². The maximum absolute atomic E-state index is 5.46. The zero-order chi connectivity index (χ0) is 8.39. The van der Waals surface area contributed by atoms with Crippen molar-refractivity contribution in [2.75, 3.05) is 5.73 Å². The molecule has 60 valence electrons. The van der Waals surface area contributed by atoms with Crippen molar-refractivity contribution in [1.82, 2.24) is 15.1 Å². The number of aromatic nitrogens is 3. The molecule has 0 aliphatic rings. The quantitative estimate of drug-likeness (QED) is 0.668. The molecule has 0 unspecified atom stereocenters. The van der Waals surface area contributed by atoms with Gasteiger partial charge in [0, 0.05) is 0 Å². The van der Waals surface area contributed by atoms with Gasteiger partial charge in [-0.2, -0.15) is 4.98 Å². The lowest BCUT2D eigenvalue weighted by atomic mass is 10.3. The molecule has 0 spiro atoms. The van der Waals surface area contributed by atoms with E-state index in [4.69, 9.17) is 10.3 Å². The summed E-state index contributed by atoms with van der Waals surface area (Å²) in [7, 11) is 0. The highest BCUT2D eigenvalue weighted by molar-refractivity contribution is 5.49. The second-order valence-electron chi connectivity index (χ2n) is 2.19. The van der Waals surface area contributed by atoms with Crippen LogP contribution in [0.1, 0.15) is 0 Å². The summed E-state index contributed by atoms with van der Waals surface area (Å²) in [6.07, 6.45) is 1.32. The second kappa shape index (κ2) is 2.61. The summed E-state index contributed by atoms with van der Waals surface area (Å²) in [5.41, 5.74) is 6.05. The Morgan fingerprint density at radius 2 is 2.25 bits per heavy atom. The van der Waals surface area contributed by atoms with E-state index in [1.54, 1.807) is 18.2 Å². The molecule has 0 radical (unpaired) electrons. The highest BCUT2D eigenvalue weighted by Gasteiger charge is 2.03. The average molecular weight is 162 g/mol. The predicted octanol–water partition coefficient (Wildman–Crippen LogP) is 0.714. The van der Waals surface area contributed by atoms with Crippen molar-refractivity contribution in [2.45, 2.75) is 0 Å². The van der Waals surface area contributed by atoms with Crippen LogP contribution in [0.5, 0.6) is 0 Å². The summed E-state index contributed by atoms with van der Waals surface area (Å²) in [5, 5.41) is 3.46. The predicted molar refractivity (Wildman–Crippen MR) is 41.9 cm³/mol. The lowest BCUT2D eigenvalue weighted by Gasteiger charge is -1.93. The molecule has 0 amide bonds. The fourth-order valence-corrected chi connectivity index (χ4v) is 0.857. The Morgan fingerprint density at radius 3 is 2.92 bits per heavy atom. The van der Waals surface area contributed by atoms with Crippen LogP contribution in [-0.4, -0.2) is 15.1 Å². The monoisotopic (exact) mass is 162 g/mol. The molecular formula is C7H6N4O. The number of nitrogens with two attached hydrogens (primary N) is 1. The molecule has 2 rings (SSSR count). The Labute approximate surface area is 68.2 Å². The minimum Gasteiger partial charge on any atom is -0.384 e. The van der Waals surface area contributed by atoms with Gasteiger partial charge in [0.25, 0.3) is 5.89 Å². The van der Waals surface area contributed by atoms with Gasteiger partial charge in [-0.3, -0.25) is 0 Å². The molecule has 2 heterocycles. The first kappa shape index (κ1) is 6.78. The van der Waals surface area contributed by atoms with Crippen LogP contribution in [0.15, 0.2) is 29.0 Å². The minimum absolute atomic E-state index is 0.377. The molecule has 0 bridgehead atoms. The van der Waals surface area contributed by atoms with Crippen molar-refractivity contribution in [3.8, 4) is 11.6 Å². The minimum atomic E-state index is 0.377. The third-order valence-electron chi connectivity index (χ3n) is 1.35. The fraction of sp³-hybridized carbons (Fsp3) is 0. The zero-order valence-electron chi connectivity index (χ0n) is 6.14. The third kappa shape index (κ3) is 1.12. The molecule has 0 aromatic carbocycles. The van der Waals surface area contributed by atoms with E-state index in [-0.39, 0.29) is 0 Å². The number of rotatable bonds is 1. The number of nitrogen functional groups attached to an aromatic ring is 1. The van der Waals surface area contributed by atoms with Crippen LogP contribution >= 0.6 is 0 Å². The van der Waals surface area contributed by atoms with Gasteiger partial charge in [-0.25, -0.2) is 4.98 Å². The molecule has 0 aliphatic heterocycles. The van der Waals surface area contributed by atoms with Crippen molar-refractivity contribution in [3.63, 3.8) is 0 Å². The lowest BCUT2D eigenvalue weighted by molar-refractivity contribution is 0.429. The van der Waals surface area contributed by atoms with Gasteiger partial charge in [0.15, 0.2) is 6.33 Å². The molecule has 2 aromatic heterocycles. The molecule has 0 saturated heterocycles. The molecule has 0 saturated carbocycles. The van der Waals surface area contributed by atoms with Crippen LogP contribution in [0.25, 0.3) is 11.6 Å². The molecule has 2 N–H and O–H groups in total. The van der Waals surface area contributed by atoms with Gasteiger partial charge in [-0.1, -0.05) is 11.2 Å². The van der Waals surface area contributed by atoms with Crippen molar-refractivity contribution >= 4 is 5.82 Å². The van der Waals surface area contributed by atoms with E-state index in [1.165, 1.54) is 6.33 Å². The molecular weight excluding hydrogens is 156 g/mol. The summed E-state index contributed by atoms with van der Waals surface area (Å²) in [6.45, 7) is 0. The van der Waals surface area contributed by atoms with Crippen LogP contribution in [0, 0.1) is 0 Å². The summed E-state index contributed by atoms with van der Waals surface area (Å²) in [4.78, 5) is 7.83. The summed E-state index contributed by atoms with van der Waals surface area (Å²) >= 11 is 0. The van der Waals surface area contributed by atoms with Crippen molar-refractivity contribution < 1.29 is 4.52 Å². The number of hydrogen-bond acceptors (Lipinski definition) is 5. The largest absolute Gasteiger partial charge is 0.384 e. The Hall–Kier alpha value is -1.91. The average Bonchev–Trinajstić information content (AvgIpc) is 2.56. The Morgan fingerprint density at radius 1 is 1.33 bits per heavy atom. The normalized spacial score (nSPS) is 10.0. The highest BCUT2D eigenvalue weighted by Crippen LogP contribution is 2.13. The number of hydrogen-bond donors (Lipinski definition) is 1. The van der Waals surface area contributed by atoms with Crippen LogP contribution < -0.4 is 5.73 Å². The molecule has 5 nitrogen and oxygen atoms in total. The number of anilines is 1. The van der Waals surface area contributed by atoms with E-state index >= 15 is 0 Å². The van der Waals surface area contributed by atoms with Gasteiger partial charge < -0.3 is 10.3 Å². The van der Waals surface area contributed by atoms with E-state index in [1.807, 2.05) is 0 Å². The first-order valence-corrected chi connectivity index (χ1v) is 3.36. The SMILES string of the molecule is Nc1cccc(-c2ncno2)n1. The third-order valence-corrected chi connectivity index (χ3v) is 1.35. The Bertz CT molecular complexity index is 371. The van der Waals surface area contributed by atoms with E-state index in [0.717, 1.165) is 0 Å². The molecule has 2 aromatic rings. The smallest absolute Gasteiger partial charge is 0.276 e. The molecule has 0 fully saturated rings. The molecule has 5 heteroatoms. The van der Waals surface area contributed by atoms with Gasteiger partial charge in [-0.15, -0.1) is 0 Å². The zero-order valence-corrected chi connectivity index (χ0v) is 6.14.